The number of pyridine rings is 1. The molecule has 0 atom stereocenters. The zero-order valence-corrected chi connectivity index (χ0v) is 23.9. The number of para-hydroxylation sites is 2. The van der Waals surface area contributed by atoms with Crippen LogP contribution >= 0.6 is 0 Å². The van der Waals surface area contributed by atoms with Crippen molar-refractivity contribution in [2.24, 2.45) is 0 Å². The molecule has 3 heterocycles. The molecule has 3 nitrogen and oxygen atoms in total. The van der Waals surface area contributed by atoms with Crippen LogP contribution in [-0.2, 0) is 0 Å². The summed E-state index contributed by atoms with van der Waals surface area (Å²) in [5, 5.41) is 11.5. The zero-order valence-electron chi connectivity index (χ0n) is 23.9. The fourth-order valence-corrected chi connectivity index (χ4v) is 6.76. The molecule has 0 fully saturated rings. The van der Waals surface area contributed by atoms with Crippen molar-refractivity contribution in [1.29, 1.82) is 0 Å². The summed E-state index contributed by atoms with van der Waals surface area (Å²) in [5.74, 6) is 0. The number of hydrogen-bond donors (Lipinski definition) is 0. The first-order valence-electron chi connectivity index (χ1n) is 15.0. The summed E-state index contributed by atoms with van der Waals surface area (Å²) in [4.78, 5) is 0. The Kier molecular flexibility index (Phi) is 5.50. The molecule has 0 aliphatic rings. The predicted octanol–water partition coefficient (Wildman–Crippen LogP) is 10.6. The number of nitrogens with zero attached hydrogens (tertiary/aromatic N) is 3. The number of benzene rings is 6. The Morgan fingerprint density at radius 2 is 1.07 bits per heavy atom. The van der Waals surface area contributed by atoms with E-state index in [1.165, 1.54) is 32.5 Å². The largest absolute Gasteiger partial charge is 0.308 e. The lowest BCUT2D eigenvalue weighted by molar-refractivity contribution is 0.970. The van der Waals surface area contributed by atoms with E-state index in [0.717, 1.165) is 44.9 Å². The second-order valence-corrected chi connectivity index (χ2v) is 11.3. The first kappa shape index (κ1) is 24.6. The maximum absolute atomic E-state index is 5.57. The molecule has 9 rings (SSSR count). The highest BCUT2D eigenvalue weighted by molar-refractivity contribution is 6.13. The van der Waals surface area contributed by atoms with Crippen LogP contribution in [0.15, 0.2) is 164 Å². The zero-order chi connectivity index (χ0) is 29.0. The number of fused-ring (bicyclic) bond motifs is 5. The number of aromatic nitrogens is 3. The third-order valence-corrected chi connectivity index (χ3v) is 8.72. The van der Waals surface area contributed by atoms with Gasteiger partial charge in [-0.05, 0) is 52.1 Å². The summed E-state index contributed by atoms with van der Waals surface area (Å²) in [7, 11) is 0. The molecule has 0 amide bonds. The van der Waals surface area contributed by atoms with Crippen molar-refractivity contribution in [1.82, 2.24) is 14.2 Å². The maximum Gasteiger partial charge on any atom is 0.118 e. The van der Waals surface area contributed by atoms with Gasteiger partial charge in [0, 0.05) is 27.6 Å². The predicted molar refractivity (Wildman–Crippen MR) is 183 cm³/mol. The second kappa shape index (κ2) is 9.82. The summed E-state index contributed by atoms with van der Waals surface area (Å²) in [6.07, 6.45) is 0. The third kappa shape index (κ3) is 3.73. The van der Waals surface area contributed by atoms with E-state index in [4.69, 9.17) is 5.10 Å². The summed E-state index contributed by atoms with van der Waals surface area (Å²) in [6, 6.07) is 58.4. The maximum atomic E-state index is 5.57. The average molecular weight is 562 g/mol. The normalized spacial score (nSPS) is 11.6. The van der Waals surface area contributed by atoms with Gasteiger partial charge in [-0.1, -0.05) is 133 Å². The van der Waals surface area contributed by atoms with Gasteiger partial charge in [0.15, 0.2) is 0 Å². The number of hydrogen-bond acceptors (Lipinski definition) is 1. The molecular formula is C41H27N3. The molecule has 206 valence electrons. The lowest BCUT2D eigenvalue weighted by atomic mass is 9.94. The SMILES string of the molecule is c1ccc(-c2cc3ccccc3c3c(-c4cccc5ccccc45)c(-c4cc5ccccc5n4-c4ccccc4)nn23)cc1. The molecule has 0 N–H and O–H groups in total. The van der Waals surface area contributed by atoms with Crippen molar-refractivity contribution < 1.29 is 0 Å². The highest BCUT2D eigenvalue weighted by Gasteiger charge is 2.25. The van der Waals surface area contributed by atoms with Crippen molar-refractivity contribution in [2.75, 3.05) is 0 Å². The molecule has 3 heteroatoms. The van der Waals surface area contributed by atoms with Crippen LogP contribution in [-0.4, -0.2) is 14.2 Å². The first-order chi connectivity index (χ1) is 21.8. The first-order valence-corrected chi connectivity index (χ1v) is 15.0. The molecule has 0 aliphatic heterocycles. The van der Waals surface area contributed by atoms with Gasteiger partial charge in [-0.3, -0.25) is 0 Å². The molecule has 0 bridgehead atoms. The van der Waals surface area contributed by atoms with Crippen molar-refractivity contribution in [3.05, 3.63) is 164 Å². The highest BCUT2D eigenvalue weighted by atomic mass is 15.2. The quantitative estimate of drug-likeness (QED) is 0.209. The van der Waals surface area contributed by atoms with Crippen LogP contribution in [0.3, 0.4) is 0 Å². The van der Waals surface area contributed by atoms with E-state index in [0.29, 0.717) is 0 Å². The Morgan fingerprint density at radius 1 is 0.455 bits per heavy atom. The topological polar surface area (TPSA) is 22.2 Å². The lowest BCUT2D eigenvalue weighted by Crippen LogP contribution is -1.98. The smallest absolute Gasteiger partial charge is 0.118 e. The van der Waals surface area contributed by atoms with Gasteiger partial charge >= 0.3 is 0 Å². The molecular weight excluding hydrogens is 534 g/mol. The molecule has 0 saturated heterocycles. The summed E-state index contributed by atoms with van der Waals surface area (Å²) in [6.45, 7) is 0. The lowest BCUT2D eigenvalue weighted by Gasteiger charge is -2.13. The standard InChI is InChI=1S/C41H27N3/c1-3-15-29(16-4-1)37-26-30-17-8-11-23-34(30)41-39(35-24-13-19-28-14-7-10-22-33(28)35)40(42-44(37)41)38-27-31-18-9-12-25-36(31)43(38)32-20-5-2-6-21-32/h1-27H. The molecule has 0 saturated carbocycles. The van der Waals surface area contributed by atoms with Gasteiger partial charge in [0.05, 0.1) is 22.4 Å². The van der Waals surface area contributed by atoms with Crippen LogP contribution in [0.2, 0.25) is 0 Å². The van der Waals surface area contributed by atoms with E-state index in [-0.39, 0.29) is 0 Å². The Morgan fingerprint density at radius 3 is 1.89 bits per heavy atom. The van der Waals surface area contributed by atoms with Crippen LogP contribution in [0.5, 0.6) is 0 Å². The van der Waals surface area contributed by atoms with Crippen molar-refractivity contribution in [2.45, 2.75) is 0 Å². The Labute approximate surface area is 254 Å². The van der Waals surface area contributed by atoms with Gasteiger partial charge in [0.1, 0.15) is 5.69 Å². The molecule has 44 heavy (non-hydrogen) atoms. The second-order valence-electron chi connectivity index (χ2n) is 11.3. The van der Waals surface area contributed by atoms with Crippen molar-refractivity contribution in [3.63, 3.8) is 0 Å². The average Bonchev–Trinajstić information content (AvgIpc) is 3.68. The van der Waals surface area contributed by atoms with Gasteiger partial charge in [-0.25, -0.2) is 4.52 Å². The van der Waals surface area contributed by atoms with Crippen LogP contribution in [0.1, 0.15) is 0 Å². The summed E-state index contributed by atoms with van der Waals surface area (Å²) in [5.41, 5.74) is 9.89. The van der Waals surface area contributed by atoms with Gasteiger partial charge in [-0.2, -0.15) is 5.10 Å². The minimum absolute atomic E-state index is 0.954. The van der Waals surface area contributed by atoms with E-state index in [9.17, 15) is 0 Å². The fourth-order valence-electron chi connectivity index (χ4n) is 6.76. The van der Waals surface area contributed by atoms with E-state index in [2.05, 4.69) is 173 Å². The van der Waals surface area contributed by atoms with E-state index in [1.54, 1.807) is 0 Å². The molecule has 0 spiro atoms. The monoisotopic (exact) mass is 561 g/mol. The molecule has 0 aliphatic carbocycles. The Balaban J connectivity index is 1.51. The molecule has 3 aromatic heterocycles. The van der Waals surface area contributed by atoms with E-state index in [1.807, 2.05) is 0 Å². The van der Waals surface area contributed by atoms with E-state index >= 15 is 0 Å². The molecule has 6 aromatic carbocycles. The summed E-state index contributed by atoms with van der Waals surface area (Å²) < 4.78 is 4.53. The summed E-state index contributed by atoms with van der Waals surface area (Å²) >= 11 is 0. The minimum atomic E-state index is 0.954. The van der Waals surface area contributed by atoms with Crippen LogP contribution < -0.4 is 0 Å². The fraction of sp³-hybridized carbons (Fsp3) is 0. The van der Waals surface area contributed by atoms with Gasteiger partial charge < -0.3 is 4.57 Å². The molecule has 0 unspecified atom stereocenters. The van der Waals surface area contributed by atoms with E-state index < -0.39 is 0 Å². The van der Waals surface area contributed by atoms with Gasteiger partial charge in [0.2, 0.25) is 0 Å². The Hall–Kier alpha value is -5.93. The van der Waals surface area contributed by atoms with Gasteiger partial charge in [-0.15, -0.1) is 0 Å². The minimum Gasteiger partial charge on any atom is -0.308 e. The Bertz CT molecular complexity index is 2480. The number of rotatable bonds is 4. The molecule has 9 aromatic rings. The van der Waals surface area contributed by atoms with Crippen molar-refractivity contribution in [3.8, 4) is 39.5 Å². The third-order valence-electron chi connectivity index (χ3n) is 8.72. The van der Waals surface area contributed by atoms with Crippen LogP contribution in [0.25, 0.3) is 77.4 Å². The van der Waals surface area contributed by atoms with Crippen LogP contribution in [0, 0.1) is 0 Å². The van der Waals surface area contributed by atoms with Crippen molar-refractivity contribution >= 4 is 38.0 Å². The highest BCUT2D eigenvalue weighted by Crippen LogP contribution is 2.44. The molecule has 0 radical (unpaired) electrons. The van der Waals surface area contributed by atoms with Crippen LogP contribution in [0.4, 0.5) is 0 Å². The van der Waals surface area contributed by atoms with Gasteiger partial charge in [0.25, 0.3) is 0 Å².